The Morgan fingerprint density at radius 1 is 0.667 bits per heavy atom. The fourth-order valence-corrected chi connectivity index (χ4v) is 3.12. The first-order valence-electron chi connectivity index (χ1n) is 8.02. The Hall–Kier alpha value is -3.27. The second-order valence-electron chi connectivity index (χ2n) is 6.11. The Morgan fingerprint density at radius 3 is 2.04 bits per heavy atom. The van der Waals surface area contributed by atoms with Crippen molar-refractivity contribution in [3.8, 4) is 0 Å². The third kappa shape index (κ3) is 2.48. The molecule has 0 fully saturated rings. The summed E-state index contributed by atoms with van der Waals surface area (Å²) in [7, 11) is 0. The van der Waals surface area contributed by atoms with Crippen LogP contribution in [-0.2, 0) is 0 Å². The van der Waals surface area contributed by atoms with Crippen LogP contribution in [0.4, 0.5) is 0 Å². The van der Waals surface area contributed by atoms with Gasteiger partial charge in [-0.05, 0) is 66.8 Å². The number of aromatic nitrogens is 3. The number of aromatic amines is 3. The second-order valence-corrected chi connectivity index (χ2v) is 6.11. The first-order chi connectivity index (χ1) is 11.8. The van der Waals surface area contributed by atoms with Crippen molar-refractivity contribution in [1.82, 2.24) is 15.0 Å². The average molecular weight is 312 g/mol. The summed E-state index contributed by atoms with van der Waals surface area (Å²) in [6.07, 6.45) is 12.6. The maximum atomic E-state index is 4.72. The van der Waals surface area contributed by atoms with Crippen molar-refractivity contribution in [3.05, 3.63) is 81.3 Å². The van der Waals surface area contributed by atoms with Crippen LogP contribution in [0.25, 0.3) is 24.3 Å². The molecule has 3 aromatic heterocycles. The molecule has 3 aromatic rings. The highest BCUT2D eigenvalue weighted by atomic mass is 14.8. The van der Waals surface area contributed by atoms with E-state index in [9.17, 15) is 0 Å². The SMILES string of the molecule is C1=CC2/C=c3/cc/c([nH]3)=C/c3ccc([nH]3)/C=c3/cc/c([nH]3)=C/C1=N2. The molecule has 8 bridgehead atoms. The largest absolute Gasteiger partial charge is 0.356 e. The number of nitrogens with zero attached hydrogens (tertiary/aromatic N) is 1. The zero-order valence-corrected chi connectivity index (χ0v) is 13.0. The van der Waals surface area contributed by atoms with Crippen LogP contribution >= 0.6 is 0 Å². The number of hydrogen-bond donors (Lipinski definition) is 3. The highest BCUT2D eigenvalue weighted by Gasteiger charge is 2.06. The van der Waals surface area contributed by atoms with Gasteiger partial charge in [-0.3, -0.25) is 4.99 Å². The van der Waals surface area contributed by atoms with Crippen LogP contribution in [0.5, 0.6) is 0 Å². The van der Waals surface area contributed by atoms with Gasteiger partial charge in [-0.2, -0.15) is 0 Å². The molecule has 0 saturated carbocycles. The molecule has 4 nitrogen and oxygen atoms in total. The van der Waals surface area contributed by atoms with Gasteiger partial charge in [-0.25, -0.2) is 0 Å². The van der Waals surface area contributed by atoms with Crippen LogP contribution in [-0.4, -0.2) is 26.7 Å². The third-order valence-corrected chi connectivity index (χ3v) is 4.23. The van der Waals surface area contributed by atoms with E-state index in [2.05, 4.69) is 87.8 Å². The molecule has 0 amide bonds. The first kappa shape index (κ1) is 13.2. The molecule has 1 atom stereocenters. The van der Waals surface area contributed by atoms with E-state index in [1.807, 2.05) is 0 Å². The molecule has 0 spiro atoms. The third-order valence-electron chi connectivity index (χ3n) is 4.23. The Kier molecular flexibility index (Phi) is 2.82. The van der Waals surface area contributed by atoms with Crippen LogP contribution < -0.4 is 21.4 Å². The van der Waals surface area contributed by atoms with Gasteiger partial charge in [0.25, 0.3) is 0 Å². The maximum Gasteiger partial charge on any atom is 0.0894 e. The summed E-state index contributed by atoms with van der Waals surface area (Å²) in [5, 5.41) is 4.27. The van der Waals surface area contributed by atoms with Crippen molar-refractivity contribution in [1.29, 1.82) is 0 Å². The van der Waals surface area contributed by atoms with Crippen LogP contribution in [0, 0.1) is 0 Å². The highest BCUT2D eigenvalue weighted by molar-refractivity contribution is 6.18. The van der Waals surface area contributed by atoms with E-state index < -0.39 is 0 Å². The van der Waals surface area contributed by atoms with Crippen molar-refractivity contribution in [2.24, 2.45) is 4.99 Å². The van der Waals surface area contributed by atoms with Crippen LogP contribution in [0.1, 0.15) is 11.4 Å². The fraction of sp³-hybridized carbons (Fsp3) is 0.0500. The van der Waals surface area contributed by atoms with Gasteiger partial charge >= 0.3 is 0 Å². The van der Waals surface area contributed by atoms with E-state index in [1.165, 1.54) is 0 Å². The zero-order chi connectivity index (χ0) is 15.9. The molecule has 0 radical (unpaired) electrons. The summed E-state index contributed by atoms with van der Waals surface area (Å²) in [6, 6.07) is 12.6. The first-order valence-corrected chi connectivity index (χ1v) is 8.02. The highest BCUT2D eigenvalue weighted by Crippen LogP contribution is 2.06. The zero-order valence-electron chi connectivity index (χ0n) is 13.0. The van der Waals surface area contributed by atoms with Crippen molar-refractivity contribution < 1.29 is 0 Å². The molecule has 116 valence electrons. The smallest absolute Gasteiger partial charge is 0.0894 e. The minimum Gasteiger partial charge on any atom is -0.356 e. The molecule has 0 saturated heterocycles. The Balaban J connectivity index is 1.76. The van der Waals surface area contributed by atoms with Crippen molar-refractivity contribution >= 4 is 30.0 Å². The molecule has 5 heterocycles. The lowest BCUT2D eigenvalue weighted by molar-refractivity contribution is 1.09. The standard InChI is InChI=1S/C20H16N4/c1-2-14-10-16-5-6-18(23-16)12-20-8-7-19(24-20)11-17-4-3-15(22-17)9-13(1)21-14/h1-13,22-24H/b15-9-,16-10-,17-11-,18-12-. The van der Waals surface area contributed by atoms with E-state index >= 15 is 0 Å². The van der Waals surface area contributed by atoms with E-state index in [4.69, 9.17) is 4.99 Å². The van der Waals surface area contributed by atoms with Gasteiger partial charge in [0.2, 0.25) is 0 Å². The number of allylic oxidation sites excluding steroid dienone is 1. The second kappa shape index (κ2) is 5.13. The predicted octanol–water partition coefficient (Wildman–Crippen LogP) is 0.282. The van der Waals surface area contributed by atoms with Gasteiger partial charge in [-0.15, -0.1) is 0 Å². The number of fused-ring (bicyclic) bond motifs is 7. The molecular formula is C20H16N4. The molecule has 2 aliphatic heterocycles. The van der Waals surface area contributed by atoms with Crippen LogP contribution in [0.2, 0.25) is 0 Å². The molecule has 2 aliphatic rings. The molecule has 24 heavy (non-hydrogen) atoms. The van der Waals surface area contributed by atoms with Gasteiger partial charge in [0, 0.05) is 32.8 Å². The summed E-state index contributed by atoms with van der Waals surface area (Å²) in [5.41, 5.74) is 3.12. The molecule has 3 N–H and O–H groups in total. The quantitative estimate of drug-likeness (QED) is 0.534. The van der Waals surface area contributed by atoms with Crippen molar-refractivity contribution in [3.63, 3.8) is 0 Å². The normalized spacial score (nSPS) is 23.8. The van der Waals surface area contributed by atoms with Crippen LogP contribution in [0.15, 0.2) is 53.5 Å². The fourth-order valence-electron chi connectivity index (χ4n) is 3.12. The van der Waals surface area contributed by atoms with E-state index in [0.29, 0.717) is 0 Å². The molecule has 1 unspecified atom stereocenters. The number of H-pyrrole nitrogens is 3. The van der Waals surface area contributed by atoms with E-state index in [0.717, 1.165) is 38.5 Å². The minimum absolute atomic E-state index is 0.0775. The molecular weight excluding hydrogens is 296 g/mol. The lowest BCUT2D eigenvalue weighted by atomic mass is 10.3. The Bertz CT molecular complexity index is 1210. The number of aliphatic imine (C=N–C) groups is 1. The van der Waals surface area contributed by atoms with E-state index in [1.54, 1.807) is 0 Å². The molecule has 4 heteroatoms. The summed E-state index contributed by atoms with van der Waals surface area (Å²) >= 11 is 0. The summed E-state index contributed by atoms with van der Waals surface area (Å²) < 4.78 is 0. The topological polar surface area (TPSA) is 59.7 Å². The number of rotatable bonds is 0. The van der Waals surface area contributed by atoms with Crippen molar-refractivity contribution in [2.45, 2.75) is 6.04 Å². The monoisotopic (exact) mass is 312 g/mol. The Morgan fingerprint density at radius 2 is 1.29 bits per heavy atom. The Labute approximate surface area is 138 Å². The summed E-state index contributed by atoms with van der Waals surface area (Å²) in [5.74, 6) is 0. The summed E-state index contributed by atoms with van der Waals surface area (Å²) in [6.45, 7) is 0. The molecule has 5 rings (SSSR count). The van der Waals surface area contributed by atoms with Gasteiger partial charge in [0.05, 0.1) is 11.8 Å². The van der Waals surface area contributed by atoms with E-state index in [-0.39, 0.29) is 6.04 Å². The minimum atomic E-state index is 0.0775. The lowest BCUT2D eigenvalue weighted by Crippen LogP contribution is -2.12. The number of nitrogens with one attached hydrogen (secondary N) is 3. The van der Waals surface area contributed by atoms with Gasteiger partial charge < -0.3 is 15.0 Å². The molecule has 0 aliphatic carbocycles. The average Bonchev–Trinajstić information content (AvgIpc) is 3.32. The maximum absolute atomic E-state index is 4.72. The lowest BCUT2D eigenvalue weighted by Gasteiger charge is -1.94. The van der Waals surface area contributed by atoms with Crippen molar-refractivity contribution in [2.75, 3.05) is 0 Å². The van der Waals surface area contributed by atoms with Gasteiger partial charge in [-0.1, -0.05) is 6.08 Å². The van der Waals surface area contributed by atoms with Crippen LogP contribution in [0.3, 0.4) is 0 Å². The molecule has 0 aromatic carbocycles. The summed E-state index contributed by atoms with van der Waals surface area (Å²) in [4.78, 5) is 15.0. The predicted molar refractivity (Wildman–Crippen MR) is 97.3 cm³/mol. The van der Waals surface area contributed by atoms with Gasteiger partial charge in [0.15, 0.2) is 0 Å². The number of hydrogen-bond acceptors (Lipinski definition) is 1. The van der Waals surface area contributed by atoms with Gasteiger partial charge in [0.1, 0.15) is 0 Å².